The third-order valence-corrected chi connectivity index (χ3v) is 5.85. The molecule has 4 rings (SSSR count). The number of phenols is 1. The van der Waals surface area contributed by atoms with E-state index in [2.05, 4.69) is 20.9 Å². The summed E-state index contributed by atoms with van der Waals surface area (Å²) in [6.07, 6.45) is 1.61. The van der Waals surface area contributed by atoms with E-state index in [4.69, 9.17) is 4.74 Å². The number of benzene rings is 2. The molecular weight excluding hydrogens is 476 g/mol. The first-order valence-corrected chi connectivity index (χ1v) is 10.5. The minimum atomic E-state index is -0.849. The molecule has 0 aliphatic carbocycles. The van der Waals surface area contributed by atoms with E-state index in [1.165, 1.54) is 24.1 Å². The molecule has 1 aliphatic rings. The molecule has 3 aromatic rings. The normalized spacial score (nSPS) is 17.6. The summed E-state index contributed by atoms with van der Waals surface area (Å²) in [4.78, 5) is 31.7. The van der Waals surface area contributed by atoms with Crippen molar-refractivity contribution in [1.29, 1.82) is 0 Å². The van der Waals surface area contributed by atoms with E-state index in [1.54, 1.807) is 54.7 Å². The third kappa shape index (κ3) is 3.97. The van der Waals surface area contributed by atoms with Crippen LogP contribution in [0.25, 0.3) is 5.76 Å². The number of aromatic nitrogens is 1. The lowest BCUT2D eigenvalue weighted by molar-refractivity contribution is -0.140. The van der Waals surface area contributed by atoms with Crippen LogP contribution in [-0.2, 0) is 16.1 Å². The van der Waals surface area contributed by atoms with Crippen molar-refractivity contribution in [1.82, 2.24) is 9.88 Å². The molecule has 8 heteroatoms. The van der Waals surface area contributed by atoms with E-state index in [9.17, 15) is 19.8 Å². The van der Waals surface area contributed by atoms with E-state index >= 15 is 0 Å². The number of halogens is 1. The van der Waals surface area contributed by atoms with Crippen LogP contribution in [0.15, 0.2) is 76.9 Å². The number of rotatable bonds is 5. The van der Waals surface area contributed by atoms with Crippen LogP contribution in [0, 0.1) is 0 Å². The van der Waals surface area contributed by atoms with Crippen LogP contribution in [0.1, 0.15) is 22.9 Å². The van der Waals surface area contributed by atoms with Gasteiger partial charge in [-0.2, -0.15) is 0 Å². The number of nitrogens with zero attached hydrogens (tertiary/aromatic N) is 2. The zero-order valence-electron chi connectivity index (χ0n) is 17.0. The molecule has 0 bridgehead atoms. The molecule has 162 valence electrons. The second-order valence-electron chi connectivity index (χ2n) is 7.19. The monoisotopic (exact) mass is 494 g/mol. The topological polar surface area (TPSA) is 100.0 Å². The fourth-order valence-electron chi connectivity index (χ4n) is 3.68. The number of ether oxygens (including phenoxy) is 1. The molecule has 32 heavy (non-hydrogen) atoms. The second kappa shape index (κ2) is 8.84. The van der Waals surface area contributed by atoms with Gasteiger partial charge in [-0.05, 0) is 64.0 Å². The van der Waals surface area contributed by atoms with E-state index in [0.29, 0.717) is 27.0 Å². The highest BCUT2D eigenvalue weighted by Gasteiger charge is 2.46. The zero-order valence-corrected chi connectivity index (χ0v) is 18.6. The molecule has 1 unspecified atom stereocenters. The van der Waals surface area contributed by atoms with E-state index in [-0.39, 0.29) is 23.6 Å². The number of methoxy groups -OCH3 is 1. The van der Waals surface area contributed by atoms with Gasteiger partial charge in [0.1, 0.15) is 17.3 Å². The lowest BCUT2D eigenvalue weighted by Gasteiger charge is -2.25. The summed E-state index contributed by atoms with van der Waals surface area (Å²) in [6, 6.07) is 15.5. The minimum absolute atomic E-state index is 0.0336. The zero-order chi connectivity index (χ0) is 22.8. The molecule has 0 saturated carbocycles. The third-order valence-electron chi connectivity index (χ3n) is 5.23. The number of hydrogen-bond acceptors (Lipinski definition) is 6. The molecule has 2 N–H and O–H groups in total. The Bertz CT molecular complexity index is 1210. The van der Waals surface area contributed by atoms with Gasteiger partial charge in [-0.25, -0.2) is 0 Å². The van der Waals surface area contributed by atoms with Gasteiger partial charge < -0.3 is 19.8 Å². The minimum Gasteiger partial charge on any atom is -0.508 e. The number of aliphatic hydroxyl groups is 1. The number of carbonyl (C=O) groups excluding carboxylic acids is 2. The Kier molecular flexibility index (Phi) is 5.96. The van der Waals surface area contributed by atoms with Crippen molar-refractivity contribution in [3.8, 4) is 11.5 Å². The SMILES string of the molecule is COc1ccc(/C(O)=C2/C(=O)C(=O)N(Cc3ccccn3)C2c2ccc(O)cc2)cc1Br. The molecule has 1 amide bonds. The Labute approximate surface area is 192 Å². The average molecular weight is 495 g/mol. The predicted octanol–water partition coefficient (Wildman–Crippen LogP) is 4.18. The lowest BCUT2D eigenvalue weighted by atomic mass is 9.95. The summed E-state index contributed by atoms with van der Waals surface area (Å²) in [5.74, 6) is -1.21. The molecule has 1 atom stereocenters. The molecule has 1 fully saturated rings. The Morgan fingerprint density at radius 3 is 2.50 bits per heavy atom. The molecular formula is C24H19BrN2O5. The van der Waals surface area contributed by atoms with Gasteiger partial charge in [0.05, 0.1) is 35.4 Å². The number of phenolic OH excluding ortho intramolecular Hbond substituents is 1. The first-order valence-electron chi connectivity index (χ1n) is 9.72. The maximum atomic E-state index is 13.1. The Balaban J connectivity index is 1.86. The highest BCUT2D eigenvalue weighted by molar-refractivity contribution is 9.10. The smallest absolute Gasteiger partial charge is 0.296 e. The van der Waals surface area contributed by atoms with Crippen LogP contribution in [0.2, 0.25) is 0 Å². The maximum Gasteiger partial charge on any atom is 0.296 e. The predicted molar refractivity (Wildman–Crippen MR) is 121 cm³/mol. The number of aliphatic hydroxyl groups excluding tert-OH is 1. The van der Waals surface area contributed by atoms with Crippen molar-refractivity contribution < 1.29 is 24.5 Å². The molecule has 2 heterocycles. The van der Waals surface area contributed by atoms with Gasteiger partial charge >= 0.3 is 0 Å². The molecule has 2 aromatic carbocycles. The number of Topliss-reactive ketones (excluding diaryl/α,β-unsaturated/α-hetero) is 1. The molecule has 1 aromatic heterocycles. The molecule has 0 radical (unpaired) electrons. The molecule has 1 saturated heterocycles. The van der Waals surface area contributed by atoms with Gasteiger partial charge in [0.25, 0.3) is 11.7 Å². The standard InChI is InChI=1S/C24H19BrN2O5/c1-32-19-10-7-15(12-18(19)25)22(29)20-21(14-5-8-17(28)9-6-14)27(24(31)23(20)30)13-16-4-2-3-11-26-16/h2-12,21,28-29H,13H2,1H3/b22-20-. The molecule has 7 nitrogen and oxygen atoms in total. The number of pyridine rings is 1. The summed E-state index contributed by atoms with van der Waals surface area (Å²) >= 11 is 3.38. The Hall–Kier alpha value is -3.65. The van der Waals surface area contributed by atoms with Crippen LogP contribution in [0.5, 0.6) is 11.5 Å². The Morgan fingerprint density at radius 1 is 1.12 bits per heavy atom. The highest BCUT2D eigenvalue weighted by Crippen LogP contribution is 2.41. The first-order chi connectivity index (χ1) is 15.4. The number of ketones is 1. The van der Waals surface area contributed by atoms with Crippen LogP contribution in [-0.4, -0.2) is 38.9 Å². The molecule has 0 spiro atoms. The van der Waals surface area contributed by atoms with Crippen molar-refractivity contribution >= 4 is 33.4 Å². The maximum absolute atomic E-state index is 13.1. The van der Waals surface area contributed by atoms with Crippen LogP contribution < -0.4 is 4.74 Å². The van der Waals surface area contributed by atoms with Crippen molar-refractivity contribution in [3.63, 3.8) is 0 Å². The number of aromatic hydroxyl groups is 1. The number of carbonyl (C=O) groups is 2. The lowest BCUT2D eigenvalue weighted by Crippen LogP contribution is -2.29. The quantitative estimate of drug-likeness (QED) is 0.313. The summed E-state index contributed by atoms with van der Waals surface area (Å²) in [5, 5.41) is 20.8. The Morgan fingerprint density at radius 2 is 1.88 bits per heavy atom. The van der Waals surface area contributed by atoms with Gasteiger partial charge in [0.15, 0.2) is 0 Å². The van der Waals surface area contributed by atoms with Gasteiger partial charge in [0.2, 0.25) is 0 Å². The van der Waals surface area contributed by atoms with Crippen molar-refractivity contribution in [2.45, 2.75) is 12.6 Å². The van der Waals surface area contributed by atoms with E-state index in [1.807, 2.05) is 0 Å². The summed E-state index contributed by atoms with van der Waals surface area (Å²) in [5.41, 5.74) is 1.50. The fraction of sp³-hybridized carbons (Fsp3) is 0.125. The largest absolute Gasteiger partial charge is 0.508 e. The second-order valence-corrected chi connectivity index (χ2v) is 8.04. The first kappa shape index (κ1) is 21.6. The van der Waals surface area contributed by atoms with E-state index in [0.717, 1.165) is 0 Å². The van der Waals surface area contributed by atoms with Gasteiger partial charge in [-0.15, -0.1) is 0 Å². The van der Waals surface area contributed by atoms with Crippen LogP contribution >= 0.6 is 15.9 Å². The summed E-state index contributed by atoms with van der Waals surface area (Å²) in [7, 11) is 1.52. The summed E-state index contributed by atoms with van der Waals surface area (Å²) in [6.45, 7) is 0.0834. The number of amides is 1. The van der Waals surface area contributed by atoms with Gasteiger partial charge in [0, 0.05) is 11.8 Å². The highest BCUT2D eigenvalue weighted by atomic mass is 79.9. The number of likely N-dealkylation sites (tertiary alicyclic amines) is 1. The van der Waals surface area contributed by atoms with Gasteiger partial charge in [-0.1, -0.05) is 18.2 Å². The van der Waals surface area contributed by atoms with Crippen molar-refractivity contribution in [3.05, 3.63) is 93.7 Å². The fourth-order valence-corrected chi connectivity index (χ4v) is 4.22. The van der Waals surface area contributed by atoms with Gasteiger partial charge in [-0.3, -0.25) is 14.6 Å². The van der Waals surface area contributed by atoms with Crippen molar-refractivity contribution in [2.75, 3.05) is 7.11 Å². The van der Waals surface area contributed by atoms with Crippen LogP contribution in [0.4, 0.5) is 0 Å². The van der Waals surface area contributed by atoms with E-state index < -0.39 is 17.7 Å². The van der Waals surface area contributed by atoms with Crippen molar-refractivity contribution in [2.24, 2.45) is 0 Å². The number of hydrogen-bond donors (Lipinski definition) is 2. The summed E-state index contributed by atoms with van der Waals surface area (Å²) < 4.78 is 5.81. The average Bonchev–Trinajstić information content (AvgIpc) is 3.04. The van der Waals surface area contributed by atoms with Crippen LogP contribution in [0.3, 0.4) is 0 Å². The molecule has 1 aliphatic heterocycles.